The van der Waals surface area contributed by atoms with Crippen LogP contribution in [0.15, 0.2) is 17.0 Å². The summed E-state index contributed by atoms with van der Waals surface area (Å²) < 4.78 is 26.9. The molecule has 7 heteroatoms. The summed E-state index contributed by atoms with van der Waals surface area (Å²) >= 11 is 0. The van der Waals surface area contributed by atoms with Gasteiger partial charge in [0, 0.05) is 13.0 Å². The van der Waals surface area contributed by atoms with E-state index in [-0.39, 0.29) is 17.0 Å². The van der Waals surface area contributed by atoms with Gasteiger partial charge in [0.25, 0.3) is 0 Å². The summed E-state index contributed by atoms with van der Waals surface area (Å²) in [7, 11) is -3.75. The number of benzene rings is 1. The molecule has 2 N–H and O–H groups in total. The molecular weight excluding hydrogens is 292 g/mol. The zero-order valence-electron chi connectivity index (χ0n) is 12.0. The molecule has 114 valence electrons. The van der Waals surface area contributed by atoms with Crippen LogP contribution in [0.25, 0.3) is 0 Å². The summed E-state index contributed by atoms with van der Waals surface area (Å²) in [5.74, 6) is -1.16. The highest BCUT2D eigenvalue weighted by Crippen LogP contribution is 2.21. The van der Waals surface area contributed by atoms with Crippen LogP contribution in [0.1, 0.15) is 40.7 Å². The second kappa shape index (κ2) is 7.20. The van der Waals surface area contributed by atoms with Gasteiger partial charge < -0.3 is 5.11 Å². The summed E-state index contributed by atoms with van der Waals surface area (Å²) in [5.41, 5.74) is 1.09. The number of hydrogen-bond acceptors (Lipinski definition) is 4. The molecule has 21 heavy (non-hydrogen) atoms. The molecule has 1 aromatic carbocycles. The van der Waals surface area contributed by atoms with Crippen molar-refractivity contribution in [3.8, 4) is 6.07 Å². The minimum Gasteiger partial charge on any atom is -0.478 e. The number of nitrogens with one attached hydrogen (secondary N) is 1. The first-order valence-corrected chi connectivity index (χ1v) is 7.99. The zero-order chi connectivity index (χ0) is 16.0. The standard InChI is InChI=1S/C14H18N2O4S/c1-10-8-12(14(17)18)9-13(11(10)2)21(19,20)16-7-5-3-4-6-15/h8-9,16H,3-5,7H2,1-2H3,(H,17,18). The molecule has 1 rings (SSSR count). The van der Waals surface area contributed by atoms with Crippen LogP contribution in [0.4, 0.5) is 0 Å². The number of sulfonamides is 1. The van der Waals surface area contributed by atoms with Gasteiger partial charge in [0.15, 0.2) is 0 Å². The van der Waals surface area contributed by atoms with E-state index in [1.807, 2.05) is 6.07 Å². The fourth-order valence-corrected chi connectivity index (χ4v) is 3.26. The first-order valence-electron chi connectivity index (χ1n) is 6.50. The maximum Gasteiger partial charge on any atom is 0.335 e. The molecule has 0 heterocycles. The van der Waals surface area contributed by atoms with Crippen molar-refractivity contribution in [2.75, 3.05) is 6.54 Å². The van der Waals surface area contributed by atoms with Gasteiger partial charge in [0.05, 0.1) is 16.5 Å². The maximum absolute atomic E-state index is 12.2. The van der Waals surface area contributed by atoms with Crippen LogP contribution < -0.4 is 4.72 Å². The van der Waals surface area contributed by atoms with Crippen molar-refractivity contribution in [1.82, 2.24) is 4.72 Å². The Kier molecular flexibility index (Phi) is 5.88. The van der Waals surface area contributed by atoms with Gasteiger partial charge in [-0.3, -0.25) is 0 Å². The molecule has 0 aromatic heterocycles. The Bertz CT molecular complexity index is 675. The number of unbranched alkanes of at least 4 members (excludes halogenated alkanes) is 2. The number of rotatable bonds is 7. The summed E-state index contributed by atoms with van der Waals surface area (Å²) in [4.78, 5) is 11.0. The smallest absolute Gasteiger partial charge is 0.335 e. The molecule has 1 aromatic rings. The molecule has 0 aliphatic heterocycles. The van der Waals surface area contributed by atoms with Crippen molar-refractivity contribution in [3.63, 3.8) is 0 Å². The van der Waals surface area contributed by atoms with Crippen LogP contribution in [0, 0.1) is 25.2 Å². The predicted molar refractivity (Wildman–Crippen MR) is 77.5 cm³/mol. The third-order valence-electron chi connectivity index (χ3n) is 3.16. The highest BCUT2D eigenvalue weighted by Gasteiger charge is 2.20. The number of carboxylic acids is 1. The quantitative estimate of drug-likeness (QED) is 0.749. The Morgan fingerprint density at radius 3 is 2.57 bits per heavy atom. The minimum atomic E-state index is -3.75. The lowest BCUT2D eigenvalue weighted by Crippen LogP contribution is -2.26. The van der Waals surface area contributed by atoms with Crippen LogP contribution in [-0.4, -0.2) is 26.0 Å². The SMILES string of the molecule is Cc1cc(C(=O)O)cc(S(=O)(=O)NCCCCC#N)c1C. The molecule has 0 fully saturated rings. The summed E-state index contributed by atoms with van der Waals surface area (Å²) in [6.45, 7) is 3.54. The molecule has 0 atom stereocenters. The Balaban J connectivity index is 2.97. The van der Waals surface area contributed by atoms with Crippen molar-refractivity contribution in [3.05, 3.63) is 28.8 Å². The second-order valence-corrected chi connectivity index (χ2v) is 6.47. The number of hydrogen-bond donors (Lipinski definition) is 2. The van der Waals surface area contributed by atoms with Crippen molar-refractivity contribution >= 4 is 16.0 Å². The number of nitrogens with zero attached hydrogens (tertiary/aromatic N) is 1. The van der Waals surface area contributed by atoms with Gasteiger partial charge in [0.2, 0.25) is 10.0 Å². The van der Waals surface area contributed by atoms with Gasteiger partial charge in [-0.1, -0.05) is 0 Å². The molecule has 0 aliphatic carbocycles. The van der Waals surface area contributed by atoms with Crippen LogP contribution in [0.5, 0.6) is 0 Å². The first kappa shape index (κ1) is 17.1. The van der Waals surface area contributed by atoms with Gasteiger partial charge in [-0.15, -0.1) is 0 Å². The van der Waals surface area contributed by atoms with E-state index >= 15 is 0 Å². The van der Waals surface area contributed by atoms with Crippen molar-refractivity contribution in [2.24, 2.45) is 0 Å². The lowest BCUT2D eigenvalue weighted by Gasteiger charge is -2.12. The number of carboxylic acid groups (broad SMARTS) is 1. The van der Waals surface area contributed by atoms with E-state index in [2.05, 4.69) is 4.72 Å². The third-order valence-corrected chi connectivity index (χ3v) is 4.75. The molecule has 0 bridgehead atoms. The molecule has 0 spiro atoms. The van der Waals surface area contributed by atoms with Crippen molar-refractivity contribution in [2.45, 2.75) is 38.0 Å². The van der Waals surface area contributed by atoms with Crippen LogP contribution >= 0.6 is 0 Å². The highest BCUT2D eigenvalue weighted by molar-refractivity contribution is 7.89. The zero-order valence-corrected chi connectivity index (χ0v) is 12.8. The Hall–Kier alpha value is -1.91. The lowest BCUT2D eigenvalue weighted by atomic mass is 10.1. The number of carbonyl (C=O) groups is 1. The molecule has 0 saturated carbocycles. The van der Waals surface area contributed by atoms with Gasteiger partial charge in [0.1, 0.15) is 0 Å². The molecule has 0 amide bonds. The molecule has 0 radical (unpaired) electrons. The first-order chi connectivity index (χ1) is 9.79. The maximum atomic E-state index is 12.2. The van der Waals surface area contributed by atoms with E-state index in [0.717, 1.165) is 0 Å². The van der Waals surface area contributed by atoms with Crippen molar-refractivity contribution < 1.29 is 18.3 Å². The molecule has 6 nitrogen and oxygen atoms in total. The largest absolute Gasteiger partial charge is 0.478 e. The monoisotopic (exact) mass is 310 g/mol. The summed E-state index contributed by atoms with van der Waals surface area (Å²) in [6, 6.07) is 4.61. The summed E-state index contributed by atoms with van der Waals surface area (Å²) in [6.07, 6.45) is 1.56. The van der Waals surface area contributed by atoms with E-state index in [1.165, 1.54) is 12.1 Å². The fourth-order valence-electron chi connectivity index (χ4n) is 1.84. The van der Waals surface area contributed by atoms with Crippen LogP contribution in [-0.2, 0) is 10.0 Å². The van der Waals surface area contributed by atoms with E-state index in [4.69, 9.17) is 10.4 Å². The summed E-state index contributed by atoms with van der Waals surface area (Å²) in [5, 5.41) is 17.4. The highest BCUT2D eigenvalue weighted by atomic mass is 32.2. The fraction of sp³-hybridized carbons (Fsp3) is 0.429. The third kappa shape index (κ3) is 4.55. The van der Waals surface area contributed by atoms with Gasteiger partial charge in [-0.25, -0.2) is 17.9 Å². The predicted octanol–water partition coefficient (Wildman–Crippen LogP) is 1.97. The van der Waals surface area contributed by atoms with Gasteiger partial charge in [-0.2, -0.15) is 5.26 Å². The Labute approximate surface area is 124 Å². The van der Waals surface area contributed by atoms with E-state index in [0.29, 0.717) is 30.4 Å². The topological polar surface area (TPSA) is 107 Å². The minimum absolute atomic E-state index is 0.0137. The molecular formula is C14H18N2O4S. The van der Waals surface area contributed by atoms with E-state index in [9.17, 15) is 13.2 Å². The molecule has 0 unspecified atom stereocenters. The van der Waals surface area contributed by atoms with E-state index < -0.39 is 16.0 Å². The second-order valence-electron chi connectivity index (χ2n) is 4.73. The van der Waals surface area contributed by atoms with Gasteiger partial charge in [-0.05, 0) is 49.9 Å². The number of aryl methyl sites for hydroxylation is 1. The Morgan fingerprint density at radius 2 is 2.00 bits per heavy atom. The number of aromatic carboxylic acids is 1. The average molecular weight is 310 g/mol. The number of nitriles is 1. The Morgan fingerprint density at radius 1 is 1.33 bits per heavy atom. The lowest BCUT2D eigenvalue weighted by molar-refractivity contribution is 0.0696. The normalized spacial score (nSPS) is 11.1. The van der Waals surface area contributed by atoms with E-state index in [1.54, 1.807) is 13.8 Å². The van der Waals surface area contributed by atoms with Gasteiger partial charge >= 0.3 is 5.97 Å². The van der Waals surface area contributed by atoms with Crippen LogP contribution in [0.2, 0.25) is 0 Å². The molecule has 0 aliphatic rings. The average Bonchev–Trinajstić information content (AvgIpc) is 2.40. The van der Waals surface area contributed by atoms with Crippen LogP contribution in [0.3, 0.4) is 0 Å². The van der Waals surface area contributed by atoms with Crippen molar-refractivity contribution in [1.29, 1.82) is 5.26 Å². The molecule has 0 saturated heterocycles.